The van der Waals surface area contributed by atoms with E-state index < -0.39 is 5.25 Å². The molecule has 1 amide bonds. The molecule has 0 unspecified atom stereocenters. The van der Waals surface area contributed by atoms with Crippen LogP contribution in [-0.2, 0) is 4.79 Å². The van der Waals surface area contributed by atoms with Crippen LogP contribution in [-0.4, -0.2) is 30.9 Å². The molecule has 0 bridgehead atoms. The molecular formula is C24H21Cl2N5OS. The van der Waals surface area contributed by atoms with E-state index in [1.165, 1.54) is 11.8 Å². The summed E-state index contributed by atoms with van der Waals surface area (Å²) in [6.45, 7) is 5.90. The number of aromatic nitrogens is 4. The molecule has 2 aromatic carbocycles. The number of anilines is 1. The zero-order valence-corrected chi connectivity index (χ0v) is 20.5. The standard InChI is InChI=1S/C24H21Cl2N5OS/c1-14-9-10-20(15(2)12-14)31-22(17-6-5-11-27-13-17)29-30-24(31)33-16(3)23(32)28-19-8-4-7-18(25)21(19)26/h4-13,16H,1-3H3,(H,28,32)/t16-/m0/s1. The molecule has 33 heavy (non-hydrogen) atoms. The van der Waals surface area contributed by atoms with Crippen molar-refractivity contribution in [3.05, 3.63) is 82.1 Å². The van der Waals surface area contributed by atoms with E-state index in [2.05, 4.69) is 26.6 Å². The molecular weight excluding hydrogens is 477 g/mol. The van der Waals surface area contributed by atoms with Crippen molar-refractivity contribution in [3.63, 3.8) is 0 Å². The Morgan fingerprint density at radius 2 is 1.91 bits per heavy atom. The molecule has 168 valence electrons. The van der Waals surface area contributed by atoms with Gasteiger partial charge in [-0.2, -0.15) is 0 Å². The Morgan fingerprint density at radius 3 is 2.64 bits per heavy atom. The number of rotatable bonds is 6. The lowest BCUT2D eigenvalue weighted by Gasteiger charge is -2.16. The predicted molar refractivity (Wildman–Crippen MR) is 134 cm³/mol. The predicted octanol–water partition coefficient (Wildman–Crippen LogP) is 6.37. The van der Waals surface area contributed by atoms with Gasteiger partial charge in [0.2, 0.25) is 5.91 Å². The molecule has 1 atom stereocenters. The van der Waals surface area contributed by atoms with Gasteiger partial charge < -0.3 is 5.32 Å². The van der Waals surface area contributed by atoms with Crippen LogP contribution in [0.1, 0.15) is 18.1 Å². The average molecular weight is 498 g/mol. The summed E-state index contributed by atoms with van der Waals surface area (Å²) in [6.07, 6.45) is 3.46. The zero-order chi connectivity index (χ0) is 23.5. The van der Waals surface area contributed by atoms with E-state index in [0.717, 1.165) is 22.4 Å². The van der Waals surface area contributed by atoms with Crippen LogP contribution in [0.4, 0.5) is 5.69 Å². The first-order valence-corrected chi connectivity index (χ1v) is 11.8. The van der Waals surface area contributed by atoms with Crippen LogP contribution in [0.5, 0.6) is 0 Å². The Kier molecular flexibility index (Phi) is 7.02. The second-order valence-corrected chi connectivity index (χ2v) is 9.62. The van der Waals surface area contributed by atoms with Gasteiger partial charge >= 0.3 is 0 Å². The van der Waals surface area contributed by atoms with Crippen LogP contribution in [0.3, 0.4) is 0 Å². The number of carbonyl (C=O) groups is 1. The van der Waals surface area contributed by atoms with Gasteiger partial charge in [0, 0.05) is 18.0 Å². The van der Waals surface area contributed by atoms with Crippen LogP contribution in [0.2, 0.25) is 10.0 Å². The van der Waals surface area contributed by atoms with Crippen molar-refractivity contribution < 1.29 is 4.79 Å². The first-order valence-electron chi connectivity index (χ1n) is 10.2. The molecule has 4 rings (SSSR count). The van der Waals surface area contributed by atoms with Gasteiger partial charge in [-0.3, -0.25) is 14.3 Å². The van der Waals surface area contributed by atoms with Crippen LogP contribution in [0.15, 0.2) is 66.1 Å². The first kappa shape index (κ1) is 23.3. The van der Waals surface area contributed by atoms with Gasteiger partial charge in [0.25, 0.3) is 0 Å². The third-order valence-electron chi connectivity index (χ3n) is 5.01. The highest BCUT2D eigenvalue weighted by molar-refractivity contribution is 8.00. The Hall–Kier alpha value is -2.87. The maximum absolute atomic E-state index is 12.9. The highest BCUT2D eigenvalue weighted by Gasteiger charge is 2.23. The van der Waals surface area contributed by atoms with E-state index in [1.807, 2.05) is 49.6 Å². The minimum Gasteiger partial charge on any atom is -0.324 e. The number of pyridine rings is 1. The third-order valence-corrected chi connectivity index (χ3v) is 6.87. The van der Waals surface area contributed by atoms with E-state index >= 15 is 0 Å². The highest BCUT2D eigenvalue weighted by atomic mass is 35.5. The molecule has 4 aromatic rings. The van der Waals surface area contributed by atoms with Gasteiger partial charge in [-0.25, -0.2) is 0 Å². The van der Waals surface area contributed by atoms with Gasteiger partial charge in [0.05, 0.1) is 26.7 Å². The molecule has 2 aromatic heterocycles. The topological polar surface area (TPSA) is 72.7 Å². The number of hydrogen-bond donors (Lipinski definition) is 1. The highest BCUT2D eigenvalue weighted by Crippen LogP contribution is 2.33. The molecule has 0 saturated heterocycles. The van der Waals surface area contributed by atoms with E-state index in [9.17, 15) is 4.79 Å². The number of nitrogens with zero attached hydrogens (tertiary/aromatic N) is 4. The van der Waals surface area contributed by atoms with Crippen LogP contribution >= 0.6 is 35.0 Å². The minimum absolute atomic E-state index is 0.220. The quantitative estimate of drug-likeness (QED) is 0.313. The molecule has 9 heteroatoms. The SMILES string of the molecule is Cc1ccc(-n2c(S[C@@H](C)C(=O)Nc3cccc(Cl)c3Cl)nnc2-c2cccnc2)c(C)c1. The molecule has 0 saturated carbocycles. The maximum atomic E-state index is 12.9. The molecule has 2 heterocycles. The van der Waals surface area contributed by atoms with E-state index in [-0.39, 0.29) is 5.91 Å². The summed E-state index contributed by atoms with van der Waals surface area (Å²) in [6, 6.07) is 15.1. The van der Waals surface area contributed by atoms with Gasteiger partial charge in [-0.05, 0) is 56.7 Å². The van der Waals surface area contributed by atoms with Gasteiger partial charge in [0.1, 0.15) is 0 Å². The number of benzene rings is 2. The van der Waals surface area contributed by atoms with Crippen LogP contribution < -0.4 is 5.32 Å². The van der Waals surface area contributed by atoms with E-state index in [4.69, 9.17) is 23.2 Å². The number of halogens is 2. The summed E-state index contributed by atoms with van der Waals surface area (Å²) in [7, 11) is 0. The maximum Gasteiger partial charge on any atom is 0.237 e. The monoisotopic (exact) mass is 497 g/mol. The van der Waals surface area contributed by atoms with Crippen molar-refractivity contribution in [2.45, 2.75) is 31.2 Å². The lowest BCUT2D eigenvalue weighted by atomic mass is 10.1. The Balaban J connectivity index is 1.68. The van der Waals surface area contributed by atoms with Gasteiger partial charge in [-0.1, -0.05) is 58.7 Å². The Morgan fingerprint density at radius 1 is 1.09 bits per heavy atom. The van der Waals surface area contributed by atoms with Crippen molar-refractivity contribution in [1.82, 2.24) is 19.7 Å². The minimum atomic E-state index is -0.476. The third kappa shape index (κ3) is 5.05. The molecule has 0 aliphatic heterocycles. The van der Waals surface area contributed by atoms with Crippen molar-refractivity contribution in [1.29, 1.82) is 0 Å². The fraction of sp³-hybridized carbons (Fsp3) is 0.167. The van der Waals surface area contributed by atoms with Crippen molar-refractivity contribution in [2.24, 2.45) is 0 Å². The smallest absolute Gasteiger partial charge is 0.237 e. The van der Waals surface area contributed by atoms with Crippen molar-refractivity contribution in [2.75, 3.05) is 5.32 Å². The van der Waals surface area contributed by atoms with Gasteiger partial charge in [0.15, 0.2) is 11.0 Å². The first-order chi connectivity index (χ1) is 15.8. The summed E-state index contributed by atoms with van der Waals surface area (Å²) >= 11 is 13.6. The second-order valence-electron chi connectivity index (χ2n) is 7.52. The summed E-state index contributed by atoms with van der Waals surface area (Å²) in [4.78, 5) is 17.1. The van der Waals surface area contributed by atoms with E-state index in [1.54, 1.807) is 30.6 Å². The second kappa shape index (κ2) is 9.95. The normalized spacial score (nSPS) is 11.9. The number of amides is 1. The fourth-order valence-corrected chi connectivity index (χ4v) is 4.56. The van der Waals surface area contributed by atoms with Crippen molar-refractivity contribution >= 4 is 46.6 Å². The average Bonchev–Trinajstić information content (AvgIpc) is 3.20. The molecule has 1 N–H and O–H groups in total. The Labute approximate surface area is 206 Å². The number of thioether (sulfide) groups is 1. The van der Waals surface area contributed by atoms with Crippen molar-refractivity contribution in [3.8, 4) is 17.1 Å². The summed E-state index contributed by atoms with van der Waals surface area (Å²) in [5, 5.41) is 12.5. The zero-order valence-electron chi connectivity index (χ0n) is 18.2. The molecule has 0 aliphatic carbocycles. The van der Waals surface area contributed by atoms with Crippen LogP contribution in [0, 0.1) is 13.8 Å². The Bertz CT molecular complexity index is 1310. The summed E-state index contributed by atoms with van der Waals surface area (Å²) in [5.41, 5.74) is 4.47. The summed E-state index contributed by atoms with van der Waals surface area (Å²) < 4.78 is 1.96. The van der Waals surface area contributed by atoms with E-state index in [0.29, 0.717) is 26.7 Å². The number of hydrogen-bond acceptors (Lipinski definition) is 5. The number of nitrogens with one attached hydrogen (secondary N) is 1. The lowest BCUT2D eigenvalue weighted by Crippen LogP contribution is -2.23. The lowest BCUT2D eigenvalue weighted by molar-refractivity contribution is -0.115. The largest absolute Gasteiger partial charge is 0.324 e. The fourth-order valence-electron chi connectivity index (χ4n) is 3.35. The number of aryl methyl sites for hydroxylation is 2. The molecule has 6 nitrogen and oxygen atoms in total. The van der Waals surface area contributed by atoms with Crippen LogP contribution in [0.25, 0.3) is 17.1 Å². The molecule has 0 spiro atoms. The molecule has 0 fully saturated rings. The molecule has 0 radical (unpaired) electrons. The van der Waals surface area contributed by atoms with Gasteiger partial charge in [-0.15, -0.1) is 10.2 Å². The number of carbonyl (C=O) groups excluding carboxylic acids is 1. The summed E-state index contributed by atoms with van der Waals surface area (Å²) in [5.74, 6) is 0.435. The molecule has 0 aliphatic rings.